The Bertz CT molecular complexity index is 2020. The number of carbonyl (C=O) groups excluding carboxylic acids is 4. The average Bonchev–Trinajstić information content (AvgIpc) is 3.84. The quantitative estimate of drug-likeness (QED) is 0.196. The molecule has 4 N–H and O–H groups in total. The number of hydrogen-bond donors (Lipinski definition) is 4. The number of aromatic amines is 1. The maximum Gasteiger partial charge on any atom is 0.408 e. The van der Waals surface area contributed by atoms with Crippen LogP contribution < -0.4 is 20.7 Å². The molecule has 16 nitrogen and oxygen atoms in total. The zero-order valence-electron chi connectivity index (χ0n) is 29.6. The third-order valence-electron chi connectivity index (χ3n) is 10.7. The van der Waals surface area contributed by atoms with Gasteiger partial charge in [-0.25, -0.2) is 14.8 Å². The zero-order valence-corrected chi connectivity index (χ0v) is 30.4. The number of carbonyl (C=O) groups is 4. The van der Waals surface area contributed by atoms with Crippen LogP contribution in [0.2, 0.25) is 0 Å². The number of hydrogen-bond acceptors (Lipinski definition) is 12. The first-order chi connectivity index (χ1) is 26.4. The number of aromatic nitrogens is 6. The van der Waals surface area contributed by atoms with E-state index in [1.54, 1.807) is 0 Å². The van der Waals surface area contributed by atoms with E-state index in [2.05, 4.69) is 36.6 Å². The molecule has 1 saturated heterocycles. The molecule has 17 heteroatoms. The standard InChI is InChI=1S/C37H42N10O6S/c48-31-28-19-24(52-32-30(29-17-10-18-54-29)38-25-14-8-9-15-26(25)39-32)21-47(28)33(49)27(40-36(51)53-23-12-6-7-13-23)16-5-3-1-2-4-11-22-20-37(22,42-31)34(50)41-35-43-45-46-44-35/h4,8-11,14-15,17-18,22-24,27-28H,1-3,5-7,12-13,16,19-21H2,(H,40,51)(H,42,48)(H2,41,43,44,45,46,50)/t22-,24-,27+,28+,37-/m1/s1. The van der Waals surface area contributed by atoms with E-state index >= 15 is 0 Å². The molecule has 3 aromatic heterocycles. The Hall–Kier alpha value is -5.45. The number of allylic oxidation sites excluding steroid dienone is 1. The number of anilines is 1. The molecule has 8 rings (SSSR count). The highest BCUT2D eigenvalue weighted by Gasteiger charge is 2.61. The molecule has 2 aliphatic heterocycles. The summed E-state index contributed by atoms with van der Waals surface area (Å²) in [5, 5.41) is 24.0. The van der Waals surface area contributed by atoms with Gasteiger partial charge in [-0.05, 0) is 80.2 Å². The van der Waals surface area contributed by atoms with E-state index in [1.807, 2.05) is 53.9 Å². The summed E-state index contributed by atoms with van der Waals surface area (Å²) in [7, 11) is 0. The van der Waals surface area contributed by atoms with Gasteiger partial charge in [0.1, 0.15) is 35.5 Å². The van der Waals surface area contributed by atoms with Crippen molar-refractivity contribution >= 4 is 52.1 Å². The third-order valence-corrected chi connectivity index (χ3v) is 11.5. The number of fused-ring (bicyclic) bond motifs is 3. The van der Waals surface area contributed by atoms with E-state index in [0.717, 1.165) is 49.8 Å². The van der Waals surface area contributed by atoms with Crippen molar-refractivity contribution in [3.05, 3.63) is 53.9 Å². The largest absolute Gasteiger partial charge is 0.471 e. The molecule has 0 bridgehead atoms. The lowest BCUT2D eigenvalue weighted by Crippen LogP contribution is -2.57. The number of benzene rings is 1. The molecule has 282 valence electrons. The fraction of sp³-hybridized carbons (Fsp3) is 0.486. The Kier molecular flexibility index (Phi) is 10.2. The Labute approximate surface area is 314 Å². The molecule has 4 aliphatic rings. The lowest BCUT2D eigenvalue weighted by Gasteiger charge is -2.30. The zero-order chi connectivity index (χ0) is 37.1. The van der Waals surface area contributed by atoms with Gasteiger partial charge >= 0.3 is 6.09 Å². The summed E-state index contributed by atoms with van der Waals surface area (Å²) < 4.78 is 12.3. The number of rotatable bonds is 7. The van der Waals surface area contributed by atoms with E-state index in [9.17, 15) is 19.2 Å². The van der Waals surface area contributed by atoms with Crippen molar-refractivity contribution in [1.29, 1.82) is 0 Å². The number of nitrogens with one attached hydrogen (secondary N) is 4. The first kappa shape index (κ1) is 35.6. The summed E-state index contributed by atoms with van der Waals surface area (Å²) in [5.41, 5.74) is 0.614. The lowest BCUT2D eigenvalue weighted by atomic mass is 10.0. The van der Waals surface area contributed by atoms with Gasteiger partial charge in [0, 0.05) is 12.3 Å². The SMILES string of the molecule is O=C(N[C@H]1CCCCCC=C[C@@H]2C[C@@]2(C(=O)Nc2nn[nH]n2)NC(=O)[C@@H]2C[C@@H](Oc3nc4ccccc4nc3-c3cccs3)CN2C1=O)OC1CCCC1. The minimum absolute atomic E-state index is 0.0169. The van der Waals surface area contributed by atoms with Crippen molar-refractivity contribution in [3.63, 3.8) is 0 Å². The maximum absolute atomic E-state index is 14.6. The Morgan fingerprint density at radius 3 is 2.56 bits per heavy atom. The van der Waals surface area contributed by atoms with E-state index < -0.39 is 47.5 Å². The van der Waals surface area contributed by atoms with E-state index in [0.29, 0.717) is 36.0 Å². The van der Waals surface area contributed by atoms with Crippen LogP contribution in [0.1, 0.15) is 70.6 Å². The molecule has 0 radical (unpaired) electrons. The molecule has 0 unspecified atom stereocenters. The molecule has 2 saturated carbocycles. The Balaban J connectivity index is 1.10. The van der Waals surface area contributed by atoms with Gasteiger partial charge in [0.2, 0.25) is 17.7 Å². The van der Waals surface area contributed by atoms with E-state index in [-0.39, 0.29) is 36.8 Å². The minimum atomic E-state index is -1.29. The van der Waals surface area contributed by atoms with Crippen molar-refractivity contribution in [1.82, 2.24) is 46.1 Å². The van der Waals surface area contributed by atoms with Crippen LogP contribution in [0.15, 0.2) is 53.9 Å². The Morgan fingerprint density at radius 2 is 1.78 bits per heavy atom. The van der Waals surface area contributed by atoms with Crippen LogP contribution in [0.4, 0.5) is 10.7 Å². The van der Waals surface area contributed by atoms with Crippen molar-refractivity contribution < 1.29 is 28.7 Å². The first-order valence-electron chi connectivity index (χ1n) is 18.6. The summed E-state index contributed by atoms with van der Waals surface area (Å²) >= 11 is 1.50. The number of amides is 4. The molecule has 4 amide bonds. The molecule has 3 fully saturated rings. The fourth-order valence-corrected chi connectivity index (χ4v) is 8.43. The van der Waals surface area contributed by atoms with Crippen molar-refractivity contribution in [3.8, 4) is 16.5 Å². The summed E-state index contributed by atoms with van der Waals surface area (Å²) in [6.07, 6.45) is 10.0. The maximum atomic E-state index is 14.6. The van der Waals surface area contributed by atoms with E-state index in [1.165, 1.54) is 16.2 Å². The van der Waals surface area contributed by atoms with Crippen LogP contribution >= 0.6 is 11.3 Å². The van der Waals surface area contributed by atoms with Gasteiger partial charge in [-0.3, -0.25) is 19.7 Å². The number of para-hydroxylation sites is 2. The summed E-state index contributed by atoms with van der Waals surface area (Å²) in [6, 6.07) is 9.40. The normalized spacial score (nSPS) is 26.3. The number of H-pyrrole nitrogens is 1. The topological polar surface area (TPSA) is 206 Å². The second kappa shape index (κ2) is 15.5. The number of thiophene rings is 1. The van der Waals surface area contributed by atoms with Crippen LogP contribution in [-0.2, 0) is 19.1 Å². The number of nitrogens with zero attached hydrogens (tertiary/aromatic N) is 6. The summed E-state index contributed by atoms with van der Waals surface area (Å²) in [6.45, 7) is 0.0382. The first-order valence-corrected chi connectivity index (χ1v) is 19.5. The smallest absolute Gasteiger partial charge is 0.408 e. The minimum Gasteiger partial charge on any atom is -0.471 e. The third kappa shape index (κ3) is 7.62. The van der Waals surface area contributed by atoms with Crippen molar-refractivity contribution in [2.24, 2.45) is 5.92 Å². The molecule has 54 heavy (non-hydrogen) atoms. The molecule has 5 atom stereocenters. The van der Waals surface area contributed by atoms with Crippen LogP contribution in [0.3, 0.4) is 0 Å². The highest BCUT2D eigenvalue weighted by molar-refractivity contribution is 7.13. The highest BCUT2D eigenvalue weighted by atomic mass is 32.1. The van der Waals surface area contributed by atoms with Gasteiger partial charge < -0.3 is 25.0 Å². The van der Waals surface area contributed by atoms with Gasteiger partial charge in [0.15, 0.2) is 0 Å². The second-order valence-electron chi connectivity index (χ2n) is 14.4. The van der Waals surface area contributed by atoms with Gasteiger partial charge in [0.05, 0.1) is 22.5 Å². The molecule has 5 heterocycles. The summed E-state index contributed by atoms with van der Waals surface area (Å²) in [5.74, 6) is -1.43. The molecule has 4 aromatic rings. The molecular formula is C37H42N10O6S. The van der Waals surface area contributed by atoms with Gasteiger partial charge in [-0.2, -0.15) is 5.21 Å². The molecule has 1 aromatic carbocycles. The number of ether oxygens (including phenoxy) is 2. The van der Waals surface area contributed by atoms with Crippen LogP contribution in [-0.4, -0.2) is 95.7 Å². The van der Waals surface area contributed by atoms with Gasteiger partial charge in [0.25, 0.3) is 11.9 Å². The average molecular weight is 755 g/mol. The molecule has 0 spiro atoms. The molecular weight excluding hydrogens is 713 g/mol. The van der Waals surface area contributed by atoms with Gasteiger partial charge in [-0.15, -0.1) is 16.4 Å². The van der Waals surface area contributed by atoms with E-state index in [4.69, 9.17) is 19.4 Å². The predicted molar refractivity (Wildman–Crippen MR) is 197 cm³/mol. The summed E-state index contributed by atoms with van der Waals surface area (Å²) in [4.78, 5) is 68.0. The van der Waals surface area contributed by atoms with Crippen molar-refractivity contribution in [2.75, 3.05) is 11.9 Å². The van der Waals surface area contributed by atoms with Crippen LogP contribution in [0, 0.1) is 5.92 Å². The second-order valence-corrected chi connectivity index (χ2v) is 15.3. The highest BCUT2D eigenvalue weighted by Crippen LogP contribution is 2.46. The number of tetrazole rings is 1. The molecule has 2 aliphatic carbocycles. The van der Waals surface area contributed by atoms with Crippen molar-refractivity contribution in [2.45, 2.75) is 100 Å². The Morgan fingerprint density at radius 1 is 0.963 bits per heavy atom. The predicted octanol–water partition coefficient (Wildman–Crippen LogP) is 4.29. The number of alkyl carbamates (subject to hydrolysis) is 1. The monoisotopic (exact) mass is 754 g/mol. The van der Waals surface area contributed by atoms with Crippen LogP contribution in [0.5, 0.6) is 5.88 Å². The van der Waals surface area contributed by atoms with Crippen LogP contribution in [0.25, 0.3) is 21.6 Å². The van der Waals surface area contributed by atoms with Gasteiger partial charge in [-0.1, -0.05) is 48.3 Å². The fourth-order valence-electron chi connectivity index (χ4n) is 7.72. The lowest BCUT2D eigenvalue weighted by molar-refractivity contribution is -0.141.